The number of hydrogen-bond donors (Lipinski definition) is 0. The second-order valence-electron chi connectivity index (χ2n) is 3.44. The first-order valence-electron chi connectivity index (χ1n) is 5.08. The summed E-state index contributed by atoms with van der Waals surface area (Å²) in [4.78, 5) is 14.5. The lowest BCUT2D eigenvalue weighted by atomic mass is 10.1. The lowest BCUT2D eigenvalue weighted by Crippen LogP contribution is -1.85. The number of nitro groups is 1. The molecule has 0 radical (unpaired) electrons. The van der Waals surface area contributed by atoms with Crippen LogP contribution >= 0.6 is 22.9 Å². The highest BCUT2D eigenvalue weighted by atomic mass is 35.5. The Bertz CT molecular complexity index is 689. The lowest BCUT2D eigenvalue weighted by molar-refractivity contribution is -0.380. The molecular formula is C12H6ClN3O2S. The van der Waals surface area contributed by atoms with E-state index >= 15 is 0 Å². The number of pyridine rings is 1. The second kappa shape index (κ2) is 5.61. The summed E-state index contributed by atoms with van der Waals surface area (Å²) in [6.07, 6.45) is 3.10. The molecule has 0 aromatic carbocycles. The largest absolute Gasteiger partial charge is 0.324 e. The molecule has 2 aromatic heterocycles. The van der Waals surface area contributed by atoms with E-state index in [0.29, 0.717) is 10.4 Å². The van der Waals surface area contributed by atoms with Gasteiger partial charge < -0.3 is 0 Å². The van der Waals surface area contributed by atoms with Gasteiger partial charge in [-0.3, -0.25) is 15.1 Å². The Morgan fingerprint density at radius 3 is 2.79 bits per heavy atom. The van der Waals surface area contributed by atoms with Crippen molar-refractivity contribution >= 4 is 38.5 Å². The zero-order valence-electron chi connectivity index (χ0n) is 9.41. The van der Waals surface area contributed by atoms with Gasteiger partial charge in [-0.05, 0) is 12.1 Å². The maximum absolute atomic E-state index is 10.6. The topological polar surface area (TPSA) is 79.8 Å². The Morgan fingerprint density at radius 1 is 1.47 bits per heavy atom. The van der Waals surface area contributed by atoms with Crippen LogP contribution in [0.15, 0.2) is 36.7 Å². The van der Waals surface area contributed by atoms with E-state index in [2.05, 4.69) is 4.98 Å². The normalized spacial score (nSPS) is 11.6. The van der Waals surface area contributed by atoms with E-state index in [1.807, 2.05) is 6.07 Å². The SMILES string of the molecule is N#C/C(=C(\Cl)c1ccc([N+](=O)[O-])s1)c1cccnc1. The molecule has 0 aliphatic carbocycles. The van der Waals surface area contributed by atoms with Gasteiger partial charge in [-0.15, -0.1) is 0 Å². The highest BCUT2D eigenvalue weighted by Gasteiger charge is 2.15. The van der Waals surface area contributed by atoms with Crippen molar-refractivity contribution in [3.63, 3.8) is 0 Å². The molecule has 0 aliphatic rings. The molecule has 0 amide bonds. The molecule has 0 atom stereocenters. The predicted octanol–water partition coefficient (Wildman–Crippen LogP) is 3.68. The predicted molar refractivity (Wildman–Crippen MR) is 73.5 cm³/mol. The molecule has 94 valence electrons. The number of nitriles is 1. The number of aromatic nitrogens is 1. The van der Waals surface area contributed by atoms with Crippen molar-refractivity contribution in [3.8, 4) is 6.07 Å². The molecule has 19 heavy (non-hydrogen) atoms. The molecule has 0 aliphatic heterocycles. The highest BCUT2D eigenvalue weighted by molar-refractivity contribution is 7.17. The molecule has 2 heterocycles. The molecule has 0 saturated carbocycles. The van der Waals surface area contributed by atoms with Crippen molar-refractivity contribution in [2.75, 3.05) is 0 Å². The molecule has 0 bridgehead atoms. The third-order valence-electron chi connectivity index (χ3n) is 2.27. The van der Waals surface area contributed by atoms with Gasteiger partial charge in [0.2, 0.25) is 0 Å². The first-order valence-corrected chi connectivity index (χ1v) is 6.28. The van der Waals surface area contributed by atoms with Gasteiger partial charge in [-0.25, -0.2) is 0 Å². The van der Waals surface area contributed by atoms with Gasteiger partial charge in [0.05, 0.1) is 20.4 Å². The van der Waals surface area contributed by atoms with Crippen LogP contribution in [-0.2, 0) is 0 Å². The minimum Gasteiger partial charge on any atom is -0.264 e. The molecule has 0 saturated heterocycles. The van der Waals surface area contributed by atoms with Crippen molar-refractivity contribution in [2.45, 2.75) is 0 Å². The van der Waals surface area contributed by atoms with E-state index in [1.54, 1.807) is 18.3 Å². The molecule has 0 N–H and O–H groups in total. The van der Waals surface area contributed by atoms with Crippen LogP contribution in [0.2, 0.25) is 0 Å². The fourth-order valence-electron chi connectivity index (χ4n) is 1.42. The Kier molecular flexibility index (Phi) is 3.90. The molecule has 7 heteroatoms. The van der Waals surface area contributed by atoms with Gasteiger partial charge in [0, 0.05) is 24.0 Å². The van der Waals surface area contributed by atoms with E-state index in [9.17, 15) is 15.4 Å². The maximum Gasteiger partial charge on any atom is 0.324 e. The van der Waals surface area contributed by atoms with E-state index < -0.39 is 4.92 Å². The van der Waals surface area contributed by atoms with E-state index in [0.717, 1.165) is 11.3 Å². The van der Waals surface area contributed by atoms with Crippen LogP contribution in [-0.4, -0.2) is 9.91 Å². The van der Waals surface area contributed by atoms with Gasteiger partial charge in [0.25, 0.3) is 0 Å². The van der Waals surface area contributed by atoms with Crippen molar-refractivity contribution in [1.82, 2.24) is 4.98 Å². The first-order chi connectivity index (χ1) is 9.13. The van der Waals surface area contributed by atoms with Crippen molar-refractivity contribution in [1.29, 1.82) is 5.26 Å². The number of hydrogen-bond acceptors (Lipinski definition) is 5. The van der Waals surface area contributed by atoms with Crippen molar-refractivity contribution in [3.05, 3.63) is 57.2 Å². The lowest BCUT2D eigenvalue weighted by Gasteiger charge is -2.00. The average Bonchev–Trinajstić information content (AvgIpc) is 2.90. The first kappa shape index (κ1) is 13.2. The van der Waals surface area contributed by atoms with Crippen LogP contribution in [0, 0.1) is 21.4 Å². The number of rotatable bonds is 3. The number of nitrogens with zero attached hydrogens (tertiary/aromatic N) is 3. The Labute approximate surface area is 117 Å². The molecule has 0 spiro atoms. The third kappa shape index (κ3) is 2.78. The summed E-state index contributed by atoms with van der Waals surface area (Å²) >= 11 is 7.07. The number of thiophene rings is 1. The van der Waals surface area contributed by atoms with Gasteiger partial charge in [-0.1, -0.05) is 29.0 Å². The molecule has 2 aromatic rings. The minimum atomic E-state index is -0.492. The van der Waals surface area contributed by atoms with Crippen molar-refractivity contribution in [2.24, 2.45) is 0 Å². The monoisotopic (exact) mass is 291 g/mol. The summed E-state index contributed by atoms with van der Waals surface area (Å²) in [6.45, 7) is 0. The standard InChI is InChI=1S/C12H6ClN3O2S/c13-12(10-3-4-11(19-10)16(17)18)9(6-14)8-2-1-5-15-7-8/h1-5,7H/b12-9+. The molecule has 5 nitrogen and oxygen atoms in total. The minimum absolute atomic E-state index is 0.0170. The molecule has 0 unspecified atom stereocenters. The van der Waals surface area contributed by atoms with Crippen LogP contribution in [0.5, 0.6) is 0 Å². The smallest absolute Gasteiger partial charge is 0.264 e. The third-order valence-corrected chi connectivity index (χ3v) is 3.83. The maximum atomic E-state index is 10.6. The number of allylic oxidation sites excluding steroid dienone is 1. The van der Waals surface area contributed by atoms with E-state index in [-0.39, 0.29) is 15.6 Å². The van der Waals surface area contributed by atoms with Crippen LogP contribution in [0.4, 0.5) is 5.00 Å². The molecule has 2 rings (SSSR count). The molecule has 0 fully saturated rings. The van der Waals surface area contributed by atoms with Gasteiger partial charge in [0.1, 0.15) is 6.07 Å². The summed E-state index contributed by atoms with van der Waals surface area (Å²) in [5.74, 6) is 0. The zero-order chi connectivity index (χ0) is 13.8. The Morgan fingerprint density at radius 2 is 2.26 bits per heavy atom. The average molecular weight is 292 g/mol. The summed E-state index contributed by atoms with van der Waals surface area (Å²) in [6, 6.07) is 8.28. The van der Waals surface area contributed by atoms with Crippen LogP contribution in [0.1, 0.15) is 10.4 Å². The van der Waals surface area contributed by atoms with Gasteiger partial charge in [0.15, 0.2) is 0 Å². The summed E-state index contributed by atoms with van der Waals surface area (Å²) in [5, 5.41) is 20.0. The summed E-state index contributed by atoms with van der Waals surface area (Å²) in [5.41, 5.74) is 0.817. The van der Waals surface area contributed by atoms with E-state index in [4.69, 9.17) is 11.6 Å². The second-order valence-corrected chi connectivity index (χ2v) is 4.88. The summed E-state index contributed by atoms with van der Waals surface area (Å²) in [7, 11) is 0. The Hall–Kier alpha value is -2.23. The van der Waals surface area contributed by atoms with Gasteiger partial charge in [-0.2, -0.15) is 5.26 Å². The fourth-order valence-corrected chi connectivity index (χ4v) is 2.51. The zero-order valence-corrected chi connectivity index (χ0v) is 11.0. The summed E-state index contributed by atoms with van der Waals surface area (Å²) < 4.78 is 0. The number of halogens is 1. The van der Waals surface area contributed by atoms with Crippen LogP contribution in [0.25, 0.3) is 10.6 Å². The highest BCUT2D eigenvalue weighted by Crippen LogP contribution is 2.35. The van der Waals surface area contributed by atoms with Crippen LogP contribution in [0.3, 0.4) is 0 Å². The Balaban J connectivity index is 2.49. The quantitative estimate of drug-likeness (QED) is 0.491. The van der Waals surface area contributed by atoms with E-state index in [1.165, 1.54) is 18.3 Å². The van der Waals surface area contributed by atoms with Gasteiger partial charge >= 0.3 is 5.00 Å². The fraction of sp³-hybridized carbons (Fsp3) is 0. The molecular weight excluding hydrogens is 286 g/mol. The van der Waals surface area contributed by atoms with Crippen molar-refractivity contribution < 1.29 is 4.92 Å². The van der Waals surface area contributed by atoms with Crippen LogP contribution < -0.4 is 0 Å².